The lowest BCUT2D eigenvalue weighted by Gasteiger charge is -2.40. The van der Waals surface area contributed by atoms with Gasteiger partial charge in [-0.2, -0.15) is 0 Å². The van der Waals surface area contributed by atoms with Crippen LogP contribution in [0, 0.1) is 0 Å². The van der Waals surface area contributed by atoms with Crippen LogP contribution in [-0.2, 0) is 20.7 Å². The zero-order chi connectivity index (χ0) is 21.5. The highest BCUT2D eigenvalue weighted by molar-refractivity contribution is 5.89. The van der Waals surface area contributed by atoms with Crippen LogP contribution in [0.1, 0.15) is 18.9 Å². The van der Waals surface area contributed by atoms with E-state index in [4.69, 9.17) is 9.47 Å². The van der Waals surface area contributed by atoms with Crippen LogP contribution in [0.4, 0.5) is 0 Å². The first kappa shape index (κ1) is 21.8. The van der Waals surface area contributed by atoms with Crippen molar-refractivity contribution in [2.45, 2.75) is 25.8 Å². The van der Waals surface area contributed by atoms with Crippen molar-refractivity contribution in [3.05, 3.63) is 54.1 Å². The van der Waals surface area contributed by atoms with Gasteiger partial charge in [-0.25, -0.2) is 0 Å². The highest BCUT2D eigenvalue weighted by Gasteiger charge is 2.37. The first-order valence-electron chi connectivity index (χ1n) is 10.4. The molecule has 1 saturated heterocycles. The molecule has 1 aliphatic rings. The molecule has 1 atom stereocenters. The number of methoxy groups -OCH3 is 2. The largest absolute Gasteiger partial charge is 0.496 e. The summed E-state index contributed by atoms with van der Waals surface area (Å²) < 4.78 is 10.6. The molecule has 0 aromatic heterocycles. The van der Waals surface area contributed by atoms with Crippen molar-refractivity contribution >= 4 is 11.8 Å². The van der Waals surface area contributed by atoms with Crippen molar-refractivity contribution in [1.29, 1.82) is 0 Å². The summed E-state index contributed by atoms with van der Waals surface area (Å²) in [6, 6.07) is 15.3. The number of para-hydroxylation sites is 1. The lowest BCUT2D eigenvalue weighted by atomic mass is 9.92. The van der Waals surface area contributed by atoms with E-state index < -0.39 is 6.04 Å². The van der Waals surface area contributed by atoms with Gasteiger partial charge in [0.25, 0.3) is 0 Å². The first-order chi connectivity index (χ1) is 14.6. The number of piperazine rings is 1. The van der Waals surface area contributed by atoms with E-state index in [9.17, 15) is 9.59 Å². The zero-order valence-corrected chi connectivity index (χ0v) is 18.0. The van der Waals surface area contributed by atoms with Crippen LogP contribution in [0.15, 0.2) is 48.5 Å². The molecule has 0 unspecified atom stereocenters. The van der Waals surface area contributed by atoms with Gasteiger partial charge in [0, 0.05) is 38.7 Å². The number of likely N-dealkylation sites (N-methyl/N-ethyl adjacent to an activating group) is 1. The summed E-state index contributed by atoms with van der Waals surface area (Å²) in [5.74, 6) is 0.744. The third-order valence-corrected chi connectivity index (χ3v) is 5.63. The SMILES string of the molecule is CCN1CCN(C(=O)CCOC)[C@@H](Cc2ccccc2-c2ccccc2OC)C1=O. The molecule has 30 heavy (non-hydrogen) atoms. The topological polar surface area (TPSA) is 59.1 Å². The second kappa shape index (κ2) is 10.3. The lowest BCUT2D eigenvalue weighted by Crippen LogP contribution is -2.59. The standard InChI is InChI=1S/C24H30N2O4/c1-4-25-14-15-26(23(27)13-16-29-2)21(24(25)28)17-18-9-5-6-10-19(18)20-11-7-8-12-22(20)30-3/h5-12,21H,4,13-17H2,1-3H3/t21-/m0/s1. The average Bonchev–Trinajstić information content (AvgIpc) is 2.79. The fourth-order valence-electron chi connectivity index (χ4n) is 4.02. The Balaban J connectivity index is 1.95. The molecule has 2 amide bonds. The Hall–Kier alpha value is -2.86. The molecule has 0 saturated carbocycles. The third kappa shape index (κ3) is 4.65. The summed E-state index contributed by atoms with van der Waals surface area (Å²) in [6.07, 6.45) is 0.739. The predicted molar refractivity (Wildman–Crippen MR) is 116 cm³/mol. The maximum Gasteiger partial charge on any atom is 0.245 e. The summed E-state index contributed by atoms with van der Waals surface area (Å²) in [5.41, 5.74) is 3.01. The number of carbonyl (C=O) groups excluding carboxylic acids is 2. The molecule has 6 nitrogen and oxygen atoms in total. The van der Waals surface area contributed by atoms with Crippen molar-refractivity contribution in [2.24, 2.45) is 0 Å². The van der Waals surface area contributed by atoms with Crippen molar-refractivity contribution in [3.63, 3.8) is 0 Å². The van der Waals surface area contributed by atoms with Gasteiger partial charge in [0.15, 0.2) is 0 Å². The molecule has 0 bridgehead atoms. The quantitative estimate of drug-likeness (QED) is 0.671. The van der Waals surface area contributed by atoms with Gasteiger partial charge in [-0.15, -0.1) is 0 Å². The minimum Gasteiger partial charge on any atom is -0.496 e. The van der Waals surface area contributed by atoms with Gasteiger partial charge >= 0.3 is 0 Å². The van der Waals surface area contributed by atoms with E-state index in [1.165, 1.54) is 0 Å². The van der Waals surface area contributed by atoms with Crippen molar-refractivity contribution < 1.29 is 19.1 Å². The Kier molecular flexibility index (Phi) is 7.46. The number of rotatable bonds is 8. The summed E-state index contributed by atoms with van der Waals surface area (Å²) in [7, 11) is 3.23. The average molecular weight is 411 g/mol. The van der Waals surface area contributed by atoms with Crippen LogP contribution in [-0.4, -0.2) is 68.1 Å². The van der Waals surface area contributed by atoms with Crippen molar-refractivity contribution in [3.8, 4) is 16.9 Å². The van der Waals surface area contributed by atoms with Gasteiger partial charge in [0.2, 0.25) is 11.8 Å². The number of carbonyl (C=O) groups is 2. The smallest absolute Gasteiger partial charge is 0.245 e. The molecule has 3 rings (SSSR count). The molecule has 0 aliphatic carbocycles. The van der Waals surface area contributed by atoms with E-state index in [0.717, 1.165) is 22.4 Å². The predicted octanol–water partition coefficient (Wildman–Crippen LogP) is 3.00. The van der Waals surface area contributed by atoms with Crippen LogP contribution in [0.3, 0.4) is 0 Å². The molecular formula is C24H30N2O4. The Morgan fingerprint density at radius 1 is 1.03 bits per heavy atom. The van der Waals surface area contributed by atoms with Crippen molar-refractivity contribution in [2.75, 3.05) is 40.5 Å². The summed E-state index contributed by atoms with van der Waals surface area (Å²) in [5, 5.41) is 0. The number of benzene rings is 2. The van der Waals surface area contributed by atoms with Gasteiger partial charge in [0.05, 0.1) is 20.1 Å². The molecule has 0 N–H and O–H groups in total. The molecule has 2 aromatic rings. The third-order valence-electron chi connectivity index (χ3n) is 5.63. The van der Waals surface area contributed by atoms with Gasteiger partial charge in [0.1, 0.15) is 11.8 Å². The number of hydrogen-bond acceptors (Lipinski definition) is 4. The summed E-state index contributed by atoms with van der Waals surface area (Å²) in [6.45, 7) is 4.08. The summed E-state index contributed by atoms with van der Waals surface area (Å²) >= 11 is 0. The maximum atomic E-state index is 13.2. The fourth-order valence-corrected chi connectivity index (χ4v) is 4.02. The summed E-state index contributed by atoms with van der Waals surface area (Å²) in [4.78, 5) is 29.6. The van der Waals surface area contributed by atoms with Gasteiger partial charge in [-0.05, 0) is 24.1 Å². The minimum absolute atomic E-state index is 0.00402. The molecule has 2 aromatic carbocycles. The van der Waals surface area contributed by atoms with Crippen LogP contribution in [0.2, 0.25) is 0 Å². The Morgan fingerprint density at radius 2 is 1.73 bits per heavy atom. The highest BCUT2D eigenvalue weighted by Crippen LogP contribution is 2.33. The van der Waals surface area contributed by atoms with E-state index in [-0.39, 0.29) is 18.2 Å². The molecule has 160 valence electrons. The number of nitrogens with zero attached hydrogens (tertiary/aromatic N) is 2. The van der Waals surface area contributed by atoms with E-state index in [1.807, 2.05) is 60.4 Å². The second-order valence-electron chi connectivity index (χ2n) is 7.33. The van der Waals surface area contributed by atoms with Gasteiger partial charge in [-0.3, -0.25) is 9.59 Å². The maximum absolute atomic E-state index is 13.2. The molecule has 6 heteroatoms. The van der Waals surface area contributed by atoms with Crippen LogP contribution in [0.5, 0.6) is 5.75 Å². The van der Waals surface area contributed by atoms with Crippen LogP contribution < -0.4 is 4.74 Å². The number of amides is 2. The van der Waals surface area contributed by atoms with Crippen LogP contribution >= 0.6 is 0 Å². The lowest BCUT2D eigenvalue weighted by molar-refractivity contribution is -0.151. The van der Waals surface area contributed by atoms with E-state index in [2.05, 4.69) is 0 Å². The van der Waals surface area contributed by atoms with Gasteiger partial charge < -0.3 is 19.3 Å². The monoisotopic (exact) mass is 410 g/mol. The normalized spacial score (nSPS) is 16.6. The van der Waals surface area contributed by atoms with Crippen LogP contribution in [0.25, 0.3) is 11.1 Å². The Bertz CT molecular complexity index is 883. The fraction of sp³-hybridized carbons (Fsp3) is 0.417. The highest BCUT2D eigenvalue weighted by atomic mass is 16.5. The molecular weight excluding hydrogens is 380 g/mol. The van der Waals surface area contributed by atoms with Crippen molar-refractivity contribution in [1.82, 2.24) is 9.80 Å². The second-order valence-corrected chi connectivity index (χ2v) is 7.33. The molecule has 0 spiro atoms. The van der Waals surface area contributed by atoms with E-state index in [1.54, 1.807) is 19.1 Å². The number of hydrogen-bond donors (Lipinski definition) is 0. The molecule has 1 heterocycles. The van der Waals surface area contributed by atoms with Gasteiger partial charge in [-0.1, -0.05) is 42.5 Å². The molecule has 1 fully saturated rings. The molecule has 1 aliphatic heterocycles. The van der Waals surface area contributed by atoms with E-state index in [0.29, 0.717) is 32.7 Å². The molecule has 0 radical (unpaired) electrons. The Labute approximate surface area is 178 Å². The zero-order valence-electron chi connectivity index (χ0n) is 18.0. The Morgan fingerprint density at radius 3 is 2.43 bits per heavy atom. The first-order valence-corrected chi connectivity index (χ1v) is 10.4. The number of ether oxygens (including phenoxy) is 2. The van der Waals surface area contributed by atoms with E-state index >= 15 is 0 Å². The minimum atomic E-state index is -0.515.